The fourth-order valence-electron chi connectivity index (χ4n) is 6.54. The lowest BCUT2D eigenvalue weighted by molar-refractivity contribution is -0.137. The quantitative estimate of drug-likeness (QED) is 0.274. The molecule has 0 unspecified atom stereocenters. The Morgan fingerprint density at radius 1 is 1.04 bits per heavy atom. The molecule has 2 aromatic rings. The molecule has 12 heteroatoms. The van der Waals surface area contributed by atoms with Crippen molar-refractivity contribution in [1.82, 2.24) is 15.1 Å². The van der Waals surface area contributed by atoms with E-state index in [2.05, 4.69) is 10.6 Å². The van der Waals surface area contributed by atoms with Gasteiger partial charge in [0.05, 0.1) is 36.0 Å². The molecular formula is C37H53F3N4O5. The molecule has 0 saturated heterocycles. The van der Waals surface area contributed by atoms with Crippen LogP contribution in [0.15, 0.2) is 42.5 Å². The first-order valence-electron chi connectivity index (χ1n) is 17.6. The number of carbonyl (C=O) groups excluding carboxylic acids is 2. The van der Waals surface area contributed by atoms with Crippen molar-refractivity contribution in [3.8, 4) is 5.75 Å². The van der Waals surface area contributed by atoms with Gasteiger partial charge in [-0.3, -0.25) is 9.69 Å². The van der Waals surface area contributed by atoms with Crippen LogP contribution in [0.25, 0.3) is 0 Å². The molecule has 0 bridgehead atoms. The Morgan fingerprint density at radius 3 is 2.41 bits per heavy atom. The topological polar surface area (TPSA) is 103 Å². The Balaban J connectivity index is 1.54. The van der Waals surface area contributed by atoms with Crippen LogP contribution in [-0.2, 0) is 17.5 Å². The molecule has 1 aliphatic heterocycles. The average Bonchev–Trinajstić information content (AvgIpc) is 3.06. The Hall–Kier alpha value is -3.35. The average molecular weight is 691 g/mol. The summed E-state index contributed by atoms with van der Waals surface area (Å²) >= 11 is 0. The molecule has 9 nitrogen and oxygen atoms in total. The molecule has 0 spiro atoms. The van der Waals surface area contributed by atoms with E-state index in [9.17, 15) is 27.9 Å². The van der Waals surface area contributed by atoms with E-state index in [0.29, 0.717) is 36.7 Å². The number of amides is 3. The number of anilines is 1. The molecule has 0 aromatic heterocycles. The predicted molar refractivity (Wildman–Crippen MR) is 184 cm³/mol. The maximum Gasteiger partial charge on any atom is 0.416 e. The first-order chi connectivity index (χ1) is 23.3. The number of likely N-dealkylation sites (N-methyl/N-ethyl adjacent to an activating group) is 1. The standard InChI is InChI=1S/C37H53F3N4O5/c1-25-21-44(26(2)24-45)35(46)32-20-31(42-36(47)41-30-11-6-5-7-12-30)17-18-33(32)49-27(3)10-8-9-19-48-34(25)23-43(4)22-28-13-15-29(16-14-28)37(38,39)40/h13-18,20,25-27,30,34,45H,5-12,19,21-24H2,1-4H3,(H2,41,42,47)/t25-,26-,27-,34+/m0/s1. The van der Waals surface area contributed by atoms with Gasteiger partial charge in [0.2, 0.25) is 0 Å². The molecule has 272 valence electrons. The number of aliphatic hydroxyl groups excluding tert-OH is 1. The van der Waals surface area contributed by atoms with E-state index in [1.54, 1.807) is 30.0 Å². The molecule has 4 rings (SSSR count). The number of rotatable bonds is 8. The minimum Gasteiger partial charge on any atom is -0.490 e. The van der Waals surface area contributed by atoms with Crippen molar-refractivity contribution in [2.45, 2.75) is 109 Å². The van der Waals surface area contributed by atoms with E-state index in [0.717, 1.165) is 62.6 Å². The summed E-state index contributed by atoms with van der Waals surface area (Å²) in [4.78, 5) is 30.9. The number of hydrogen-bond donors (Lipinski definition) is 3. The number of carbonyl (C=O) groups is 2. The zero-order valence-corrected chi connectivity index (χ0v) is 29.2. The Bertz CT molecular complexity index is 1350. The van der Waals surface area contributed by atoms with Gasteiger partial charge in [0, 0.05) is 43.9 Å². The highest BCUT2D eigenvalue weighted by Gasteiger charge is 2.32. The third-order valence-electron chi connectivity index (χ3n) is 9.48. The van der Waals surface area contributed by atoms with Gasteiger partial charge in [-0.05, 0) is 88.9 Å². The first-order valence-corrected chi connectivity index (χ1v) is 17.6. The number of nitrogens with zero attached hydrogens (tertiary/aromatic N) is 2. The molecule has 4 atom stereocenters. The zero-order valence-electron chi connectivity index (χ0n) is 29.2. The summed E-state index contributed by atoms with van der Waals surface area (Å²) < 4.78 is 51.9. The predicted octanol–water partition coefficient (Wildman–Crippen LogP) is 7.09. The molecule has 1 fully saturated rings. The smallest absolute Gasteiger partial charge is 0.416 e. The van der Waals surface area contributed by atoms with E-state index >= 15 is 0 Å². The fraction of sp³-hybridized carbons (Fsp3) is 0.622. The van der Waals surface area contributed by atoms with Crippen LogP contribution >= 0.6 is 0 Å². The van der Waals surface area contributed by atoms with Crippen LogP contribution in [0.4, 0.5) is 23.7 Å². The lowest BCUT2D eigenvalue weighted by atomic mass is 9.96. The highest BCUT2D eigenvalue weighted by molar-refractivity contribution is 5.99. The number of benzene rings is 2. The number of halogens is 3. The van der Waals surface area contributed by atoms with Gasteiger partial charge in [-0.25, -0.2) is 4.79 Å². The molecule has 49 heavy (non-hydrogen) atoms. The van der Waals surface area contributed by atoms with Gasteiger partial charge in [-0.2, -0.15) is 13.2 Å². The van der Waals surface area contributed by atoms with Crippen LogP contribution in [0.2, 0.25) is 0 Å². The van der Waals surface area contributed by atoms with Gasteiger partial charge in [0.25, 0.3) is 5.91 Å². The molecule has 1 aliphatic carbocycles. The van der Waals surface area contributed by atoms with Crippen molar-refractivity contribution in [3.05, 3.63) is 59.2 Å². The summed E-state index contributed by atoms with van der Waals surface area (Å²) in [5.74, 6) is -0.0812. The number of alkyl halides is 3. The van der Waals surface area contributed by atoms with Crippen LogP contribution in [-0.4, -0.2) is 84.5 Å². The van der Waals surface area contributed by atoms with E-state index in [-0.39, 0.29) is 49.3 Å². The van der Waals surface area contributed by atoms with Crippen molar-refractivity contribution in [3.63, 3.8) is 0 Å². The van der Waals surface area contributed by atoms with Crippen LogP contribution < -0.4 is 15.4 Å². The van der Waals surface area contributed by atoms with Crippen molar-refractivity contribution < 1.29 is 37.3 Å². The second kappa shape index (κ2) is 18.1. The van der Waals surface area contributed by atoms with Crippen molar-refractivity contribution >= 4 is 17.6 Å². The summed E-state index contributed by atoms with van der Waals surface area (Å²) in [6, 6.07) is 9.56. The maximum atomic E-state index is 14.4. The minimum absolute atomic E-state index is 0.128. The largest absolute Gasteiger partial charge is 0.490 e. The second-order valence-corrected chi connectivity index (χ2v) is 13.8. The highest BCUT2D eigenvalue weighted by Crippen LogP contribution is 2.30. The first kappa shape index (κ1) is 38.5. The summed E-state index contributed by atoms with van der Waals surface area (Å²) in [6.45, 7) is 7.17. The van der Waals surface area contributed by atoms with Crippen LogP contribution in [0, 0.1) is 5.92 Å². The van der Waals surface area contributed by atoms with E-state index < -0.39 is 17.8 Å². The maximum absolute atomic E-state index is 14.4. The normalized spacial score (nSPS) is 22.5. The van der Waals surface area contributed by atoms with E-state index in [4.69, 9.17) is 9.47 Å². The zero-order chi connectivity index (χ0) is 35.6. The van der Waals surface area contributed by atoms with Gasteiger partial charge in [-0.15, -0.1) is 0 Å². The lowest BCUT2D eigenvalue weighted by Crippen LogP contribution is -2.47. The third-order valence-corrected chi connectivity index (χ3v) is 9.48. The second-order valence-electron chi connectivity index (χ2n) is 13.8. The van der Waals surface area contributed by atoms with E-state index in [1.165, 1.54) is 18.6 Å². The summed E-state index contributed by atoms with van der Waals surface area (Å²) in [5.41, 5.74) is 0.825. The molecule has 3 amide bonds. The summed E-state index contributed by atoms with van der Waals surface area (Å²) in [5, 5.41) is 16.2. The van der Waals surface area contributed by atoms with Crippen LogP contribution in [0.3, 0.4) is 0 Å². The molecule has 2 aromatic carbocycles. The monoisotopic (exact) mass is 690 g/mol. The third kappa shape index (κ3) is 11.6. The number of ether oxygens (including phenoxy) is 2. The highest BCUT2D eigenvalue weighted by atomic mass is 19.4. The summed E-state index contributed by atoms with van der Waals surface area (Å²) in [7, 11) is 1.90. The number of urea groups is 1. The molecule has 1 saturated carbocycles. The molecular weight excluding hydrogens is 637 g/mol. The number of hydrogen-bond acceptors (Lipinski definition) is 6. The Morgan fingerprint density at radius 2 is 1.73 bits per heavy atom. The molecule has 3 N–H and O–H groups in total. The fourth-order valence-corrected chi connectivity index (χ4v) is 6.54. The van der Waals surface area contributed by atoms with Gasteiger partial charge >= 0.3 is 12.2 Å². The van der Waals surface area contributed by atoms with Crippen LogP contribution in [0.5, 0.6) is 5.75 Å². The summed E-state index contributed by atoms with van der Waals surface area (Å²) in [6.07, 6.45) is 2.78. The lowest BCUT2D eigenvalue weighted by Gasteiger charge is -2.36. The Kier molecular flexibility index (Phi) is 14.2. The Labute approximate surface area is 288 Å². The number of fused-ring (bicyclic) bond motifs is 1. The van der Waals surface area contributed by atoms with Gasteiger partial charge < -0.3 is 30.1 Å². The van der Waals surface area contributed by atoms with Crippen molar-refractivity contribution in [1.29, 1.82) is 0 Å². The van der Waals surface area contributed by atoms with Gasteiger partial charge in [0.15, 0.2) is 0 Å². The molecule has 0 radical (unpaired) electrons. The number of nitrogens with one attached hydrogen (secondary N) is 2. The van der Waals surface area contributed by atoms with Crippen molar-refractivity contribution in [2.75, 3.05) is 38.7 Å². The minimum atomic E-state index is -4.39. The number of aliphatic hydroxyl groups is 1. The molecule has 1 heterocycles. The van der Waals surface area contributed by atoms with Crippen molar-refractivity contribution in [2.24, 2.45) is 5.92 Å². The molecule has 2 aliphatic rings. The van der Waals surface area contributed by atoms with Crippen LogP contribution in [0.1, 0.15) is 93.6 Å². The van der Waals surface area contributed by atoms with Gasteiger partial charge in [0.1, 0.15) is 5.75 Å². The SMILES string of the molecule is C[C@H]1CCCCO[C@H](CN(C)Cc2ccc(C(F)(F)F)cc2)[C@@H](C)CN([C@@H](C)CO)C(=O)c2cc(NC(=O)NC3CCCCC3)ccc2O1. The van der Waals surface area contributed by atoms with E-state index in [1.807, 2.05) is 25.8 Å². The van der Waals surface area contributed by atoms with Gasteiger partial charge in [-0.1, -0.05) is 38.3 Å².